The van der Waals surface area contributed by atoms with E-state index in [0.717, 1.165) is 6.92 Å². The zero-order valence-electron chi connectivity index (χ0n) is 14.0. The van der Waals surface area contributed by atoms with E-state index in [9.17, 15) is 35.4 Å². The van der Waals surface area contributed by atoms with Crippen LogP contribution in [0.15, 0.2) is 0 Å². The minimum absolute atomic E-state index is 0.581. The second-order valence-electron chi connectivity index (χ2n) is 6.26. The van der Waals surface area contributed by atoms with E-state index in [2.05, 4.69) is 5.32 Å². The summed E-state index contributed by atoms with van der Waals surface area (Å²) in [5, 5.41) is 70.7. The van der Waals surface area contributed by atoms with Crippen LogP contribution >= 0.6 is 0 Å². The van der Waals surface area contributed by atoms with Crippen molar-refractivity contribution in [1.82, 2.24) is 5.32 Å². The van der Waals surface area contributed by atoms with Crippen molar-refractivity contribution in [2.75, 3.05) is 13.2 Å². The smallest absolute Gasteiger partial charge is 0.217 e. The van der Waals surface area contributed by atoms with Gasteiger partial charge in [0, 0.05) is 6.92 Å². The van der Waals surface area contributed by atoms with E-state index in [1.807, 2.05) is 0 Å². The Morgan fingerprint density at radius 3 is 2.00 bits per heavy atom. The summed E-state index contributed by atoms with van der Waals surface area (Å²) < 4.78 is 15.7. The number of nitrogens with one attached hydrogen (secondary N) is 1. The number of carbonyl (C=O) groups excluding carboxylic acids is 1. The van der Waals surface area contributed by atoms with E-state index in [1.54, 1.807) is 0 Å². The maximum atomic E-state index is 11.4. The molecule has 0 bridgehead atoms. The number of hydrogen-bond donors (Lipinski definition) is 8. The van der Waals surface area contributed by atoms with Gasteiger partial charge in [0.1, 0.15) is 48.8 Å². The first-order valence-electron chi connectivity index (χ1n) is 8.06. The van der Waals surface area contributed by atoms with Crippen molar-refractivity contribution in [3.05, 3.63) is 0 Å². The molecule has 0 aromatic rings. The lowest BCUT2D eigenvalue weighted by Crippen LogP contribution is -2.67. The second kappa shape index (κ2) is 8.84. The molecule has 2 heterocycles. The molecule has 0 spiro atoms. The molecule has 12 nitrogen and oxygen atoms in total. The van der Waals surface area contributed by atoms with Crippen molar-refractivity contribution in [1.29, 1.82) is 0 Å². The van der Waals surface area contributed by atoms with E-state index in [4.69, 9.17) is 19.3 Å². The zero-order chi connectivity index (χ0) is 19.6. The molecule has 26 heavy (non-hydrogen) atoms. The van der Waals surface area contributed by atoms with Gasteiger partial charge in [0.05, 0.1) is 13.2 Å². The van der Waals surface area contributed by atoms with Gasteiger partial charge in [-0.05, 0) is 0 Å². The van der Waals surface area contributed by atoms with Gasteiger partial charge in [-0.2, -0.15) is 0 Å². The van der Waals surface area contributed by atoms with E-state index in [1.165, 1.54) is 0 Å². The molecule has 2 saturated heterocycles. The molecule has 0 aromatic heterocycles. The molecule has 0 aromatic carbocycles. The van der Waals surface area contributed by atoms with Crippen LogP contribution in [0.4, 0.5) is 0 Å². The van der Waals surface area contributed by atoms with Gasteiger partial charge in [-0.15, -0.1) is 0 Å². The van der Waals surface area contributed by atoms with Crippen molar-refractivity contribution in [3.63, 3.8) is 0 Å². The Hall–Kier alpha value is -0.930. The maximum Gasteiger partial charge on any atom is 0.217 e. The van der Waals surface area contributed by atoms with Gasteiger partial charge in [-0.25, -0.2) is 0 Å². The third-order valence-electron chi connectivity index (χ3n) is 4.38. The topological polar surface area (TPSA) is 198 Å². The lowest BCUT2D eigenvalue weighted by molar-refractivity contribution is -0.348. The number of ether oxygens (including phenoxy) is 3. The summed E-state index contributed by atoms with van der Waals surface area (Å²) in [6.07, 6.45) is -13.7. The number of aliphatic hydroxyl groups excluding tert-OH is 7. The Morgan fingerprint density at radius 1 is 0.923 bits per heavy atom. The molecule has 0 saturated carbocycles. The second-order valence-corrected chi connectivity index (χ2v) is 6.26. The Bertz CT molecular complexity index is 480. The molecule has 152 valence electrons. The predicted octanol–water partition coefficient (Wildman–Crippen LogP) is -5.25. The average molecular weight is 383 g/mol. The number of rotatable bonds is 5. The summed E-state index contributed by atoms with van der Waals surface area (Å²) in [4.78, 5) is 11.4. The van der Waals surface area contributed by atoms with E-state index in [0.29, 0.717) is 0 Å². The molecular formula is C14H25NO11. The molecule has 2 fully saturated rings. The molecule has 12 heteroatoms. The van der Waals surface area contributed by atoms with Gasteiger partial charge >= 0.3 is 0 Å². The fraction of sp³-hybridized carbons (Fsp3) is 0.929. The fourth-order valence-corrected chi connectivity index (χ4v) is 2.96. The third-order valence-corrected chi connectivity index (χ3v) is 4.38. The predicted molar refractivity (Wildman–Crippen MR) is 80.2 cm³/mol. The Kier molecular flexibility index (Phi) is 7.27. The van der Waals surface area contributed by atoms with Crippen molar-refractivity contribution in [2.24, 2.45) is 0 Å². The molecule has 8 N–H and O–H groups in total. The van der Waals surface area contributed by atoms with Crippen LogP contribution in [0.3, 0.4) is 0 Å². The molecule has 0 radical (unpaired) electrons. The lowest BCUT2D eigenvalue weighted by Gasteiger charge is -2.46. The van der Waals surface area contributed by atoms with Gasteiger partial charge in [0.25, 0.3) is 0 Å². The number of amides is 1. The normalized spacial score (nSPS) is 46.8. The molecule has 0 aliphatic carbocycles. The van der Waals surface area contributed by atoms with Gasteiger partial charge in [-0.3, -0.25) is 4.79 Å². The van der Waals surface area contributed by atoms with Crippen LogP contribution < -0.4 is 5.32 Å². The van der Waals surface area contributed by atoms with Crippen molar-refractivity contribution in [2.45, 2.75) is 68.3 Å². The van der Waals surface area contributed by atoms with Gasteiger partial charge in [0.2, 0.25) is 5.91 Å². The van der Waals surface area contributed by atoms with Crippen molar-refractivity contribution < 1.29 is 54.8 Å². The highest BCUT2D eigenvalue weighted by Crippen LogP contribution is 2.28. The van der Waals surface area contributed by atoms with Gasteiger partial charge < -0.3 is 55.3 Å². The van der Waals surface area contributed by atoms with Crippen LogP contribution in [0.5, 0.6) is 0 Å². The lowest BCUT2D eigenvalue weighted by atomic mass is 9.96. The van der Waals surface area contributed by atoms with Crippen LogP contribution in [-0.2, 0) is 19.0 Å². The largest absolute Gasteiger partial charge is 0.394 e. The third kappa shape index (κ3) is 4.31. The summed E-state index contributed by atoms with van der Waals surface area (Å²) >= 11 is 0. The molecule has 2 rings (SSSR count). The Morgan fingerprint density at radius 2 is 1.46 bits per heavy atom. The highest BCUT2D eigenvalue weighted by atomic mass is 16.7. The molecular weight excluding hydrogens is 358 g/mol. The summed E-state index contributed by atoms with van der Waals surface area (Å²) in [7, 11) is 0. The SMILES string of the molecule is CC(=O)N[C@H]1[C@H](O[C@@H]2[C@@H](O)[C@@H](O)[C@@H](CO)O[C@H]2O)O[C@H](CO)[C@@H](O)[C@@H]1O. The minimum Gasteiger partial charge on any atom is -0.394 e. The Labute approximate surface area is 148 Å². The number of aliphatic hydroxyl groups is 7. The van der Waals surface area contributed by atoms with Crippen LogP contribution in [0.1, 0.15) is 6.92 Å². The Balaban J connectivity index is 2.18. The zero-order valence-corrected chi connectivity index (χ0v) is 14.0. The summed E-state index contributed by atoms with van der Waals surface area (Å²) in [5.74, 6) is -0.581. The highest BCUT2D eigenvalue weighted by Gasteiger charge is 2.50. The first-order valence-corrected chi connectivity index (χ1v) is 8.06. The maximum absolute atomic E-state index is 11.4. The first kappa shape index (κ1) is 21.4. The van der Waals surface area contributed by atoms with Crippen molar-refractivity contribution in [3.8, 4) is 0 Å². The highest BCUT2D eigenvalue weighted by molar-refractivity contribution is 5.73. The van der Waals surface area contributed by atoms with E-state index < -0.39 is 80.5 Å². The van der Waals surface area contributed by atoms with Crippen LogP contribution in [0, 0.1) is 0 Å². The molecule has 2 aliphatic rings. The van der Waals surface area contributed by atoms with Gasteiger partial charge in [0.15, 0.2) is 12.6 Å². The molecule has 10 atom stereocenters. The quantitative estimate of drug-likeness (QED) is 0.226. The average Bonchev–Trinajstić information content (AvgIpc) is 2.60. The van der Waals surface area contributed by atoms with Crippen LogP contribution in [0.25, 0.3) is 0 Å². The van der Waals surface area contributed by atoms with Crippen molar-refractivity contribution >= 4 is 5.91 Å². The van der Waals surface area contributed by atoms with E-state index in [-0.39, 0.29) is 0 Å². The monoisotopic (exact) mass is 383 g/mol. The standard InChI is InChI=1S/C14H25NO11/c1-4(18)15-7-10(21)8(19)6(3-17)25-14(7)26-12-11(22)9(20)5(2-16)24-13(12)23/h5-14,16-17,19-23H,2-3H2,1H3,(H,15,18)/t5-,6-,7-,8-,9+,10-,11+,12-,13-,14+/m1/s1. The summed E-state index contributed by atoms with van der Waals surface area (Å²) in [6.45, 7) is -0.183. The summed E-state index contributed by atoms with van der Waals surface area (Å²) in [6, 6.07) is -1.29. The minimum atomic E-state index is -1.76. The number of hydrogen-bond acceptors (Lipinski definition) is 11. The van der Waals surface area contributed by atoms with Crippen LogP contribution in [0.2, 0.25) is 0 Å². The van der Waals surface area contributed by atoms with E-state index >= 15 is 0 Å². The fourth-order valence-electron chi connectivity index (χ4n) is 2.96. The molecule has 0 unspecified atom stereocenters. The molecule has 2 aliphatic heterocycles. The first-order chi connectivity index (χ1) is 12.2. The van der Waals surface area contributed by atoms with Crippen LogP contribution in [-0.4, -0.2) is 116 Å². The number of carbonyl (C=O) groups is 1. The molecule has 1 amide bonds. The van der Waals surface area contributed by atoms with Gasteiger partial charge in [-0.1, -0.05) is 0 Å². The summed E-state index contributed by atoms with van der Waals surface area (Å²) in [5.41, 5.74) is 0.